The van der Waals surface area contributed by atoms with E-state index >= 15 is 0 Å². The van der Waals surface area contributed by atoms with Crippen molar-refractivity contribution >= 4 is 5.91 Å². The Morgan fingerprint density at radius 3 is 2.43 bits per heavy atom. The lowest BCUT2D eigenvalue weighted by atomic mass is 10.1. The Labute approximate surface area is 129 Å². The lowest BCUT2D eigenvalue weighted by Gasteiger charge is -2.36. The van der Waals surface area contributed by atoms with Crippen LogP contribution in [0.2, 0.25) is 0 Å². The molecule has 2 heterocycles. The van der Waals surface area contributed by atoms with Crippen LogP contribution in [0.15, 0.2) is 0 Å². The van der Waals surface area contributed by atoms with E-state index in [1.165, 1.54) is 12.8 Å². The summed E-state index contributed by atoms with van der Waals surface area (Å²) in [4.78, 5) is 17.1. The molecule has 5 unspecified atom stereocenters. The smallest absolute Gasteiger partial charge is 0.237 e. The average Bonchev–Trinajstić information content (AvgIpc) is 2.77. The van der Waals surface area contributed by atoms with Gasteiger partial charge >= 0.3 is 0 Å². The van der Waals surface area contributed by atoms with Crippen LogP contribution in [0.3, 0.4) is 0 Å². The molecule has 2 fully saturated rings. The van der Waals surface area contributed by atoms with Crippen LogP contribution < -0.4 is 5.32 Å². The Balaban J connectivity index is 1.88. The van der Waals surface area contributed by atoms with Crippen LogP contribution in [0.4, 0.5) is 0 Å². The van der Waals surface area contributed by atoms with E-state index < -0.39 is 0 Å². The van der Waals surface area contributed by atoms with E-state index in [4.69, 9.17) is 4.74 Å². The van der Waals surface area contributed by atoms with Gasteiger partial charge in [0.15, 0.2) is 0 Å². The Bertz CT molecular complexity index is 353. The number of carbonyl (C=O) groups is 1. The number of amides is 1. The topological polar surface area (TPSA) is 44.8 Å². The second kappa shape index (κ2) is 7.07. The number of morpholine rings is 1. The molecule has 2 saturated heterocycles. The van der Waals surface area contributed by atoms with Crippen molar-refractivity contribution in [3.05, 3.63) is 0 Å². The summed E-state index contributed by atoms with van der Waals surface area (Å²) in [7, 11) is 2.10. The van der Waals surface area contributed by atoms with Crippen LogP contribution in [0, 0.1) is 0 Å². The first-order chi connectivity index (χ1) is 9.90. The predicted octanol–water partition coefficient (Wildman–Crippen LogP) is 1.08. The minimum absolute atomic E-state index is 0.0518. The van der Waals surface area contributed by atoms with Crippen molar-refractivity contribution in [2.24, 2.45) is 0 Å². The third-order valence-corrected chi connectivity index (χ3v) is 5.07. The molecule has 5 nitrogen and oxygen atoms in total. The van der Waals surface area contributed by atoms with Crippen molar-refractivity contribution in [3.8, 4) is 0 Å². The molecule has 21 heavy (non-hydrogen) atoms. The van der Waals surface area contributed by atoms with Crippen LogP contribution in [0.25, 0.3) is 0 Å². The number of likely N-dealkylation sites (N-methyl/N-ethyl adjacent to an activating group) is 1. The number of likely N-dealkylation sites (tertiary alicyclic amines) is 1. The van der Waals surface area contributed by atoms with Crippen molar-refractivity contribution in [3.63, 3.8) is 0 Å². The molecular formula is C16H31N3O2. The highest BCUT2D eigenvalue weighted by Gasteiger charge is 2.35. The molecule has 0 bridgehead atoms. The predicted molar refractivity (Wildman–Crippen MR) is 84.3 cm³/mol. The van der Waals surface area contributed by atoms with Crippen LogP contribution in [-0.4, -0.2) is 72.7 Å². The van der Waals surface area contributed by atoms with Crippen molar-refractivity contribution in [2.75, 3.05) is 26.7 Å². The van der Waals surface area contributed by atoms with Gasteiger partial charge in [0.05, 0.1) is 24.8 Å². The summed E-state index contributed by atoms with van der Waals surface area (Å²) in [5.74, 6) is 0.125. The second-order valence-electron chi connectivity index (χ2n) is 6.87. The zero-order chi connectivity index (χ0) is 15.6. The second-order valence-corrected chi connectivity index (χ2v) is 6.87. The van der Waals surface area contributed by atoms with Gasteiger partial charge in [-0.05, 0) is 47.6 Å². The lowest BCUT2D eigenvalue weighted by molar-refractivity contribution is -0.129. The normalized spacial score (nSPS) is 34.6. The van der Waals surface area contributed by atoms with Gasteiger partial charge in [0.1, 0.15) is 0 Å². The van der Waals surface area contributed by atoms with Gasteiger partial charge in [-0.3, -0.25) is 9.69 Å². The molecule has 0 aromatic carbocycles. The van der Waals surface area contributed by atoms with Crippen LogP contribution in [0.1, 0.15) is 40.5 Å². The molecule has 0 aromatic heterocycles. The first-order valence-electron chi connectivity index (χ1n) is 8.28. The van der Waals surface area contributed by atoms with E-state index in [-0.39, 0.29) is 24.1 Å². The molecule has 2 aliphatic rings. The molecule has 1 amide bonds. The van der Waals surface area contributed by atoms with Crippen LogP contribution >= 0.6 is 0 Å². The molecule has 122 valence electrons. The van der Waals surface area contributed by atoms with E-state index in [1.54, 1.807) is 0 Å². The first kappa shape index (κ1) is 16.7. The summed E-state index contributed by atoms with van der Waals surface area (Å²) in [6.07, 6.45) is 2.46. The largest absolute Gasteiger partial charge is 0.373 e. The van der Waals surface area contributed by atoms with Gasteiger partial charge in [0, 0.05) is 25.2 Å². The number of nitrogens with zero attached hydrogens (tertiary/aromatic N) is 2. The molecular weight excluding hydrogens is 266 g/mol. The molecule has 5 atom stereocenters. The molecule has 0 aliphatic carbocycles. The van der Waals surface area contributed by atoms with Gasteiger partial charge < -0.3 is 15.0 Å². The SMILES string of the molecule is CC(NC(=O)C(C)N1C(C)CCC1C)C1CN(C)CCO1. The summed E-state index contributed by atoms with van der Waals surface area (Å²) < 4.78 is 5.79. The molecule has 2 aliphatic heterocycles. The van der Waals surface area contributed by atoms with Gasteiger partial charge in [-0.25, -0.2) is 0 Å². The molecule has 0 aromatic rings. The fourth-order valence-corrected chi connectivity index (χ4v) is 3.67. The zero-order valence-electron chi connectivity index (χ0n) is 14.1. The highest BCUT2D eigenvalue weighted by atomic mass is 16.5. The van der Waals surface area contributed by atoms with Crippen LogP contribution in [0.5, 0.6) is 0 Å². The highest BCUT2D eigenvalue weighted by molar-refractivity contribution is 5.81. The number of ether oxygens (including phenoxy) is 1. The molecule has 0 spiro atoms. The number of rotatable bonds is 4. The molecule has 2 rings (SSSR count). The highest BCUT2D eigenvalue weighted by Crippen LogP contribution is 2.26. The minimum Gasteiger partial charge on any atom is -0.373 e. The van der Waals surface area contributed by atoms with Crippen molar-refractivity contribution < 1.29 is 9.53 Å². The standard InChI is InChI=1S/C16H31N3O2/c1-11-6-7-12(2)19(11)14(4)16(20)17-13(3)15-10-18(5)8-9-21-15/h11-15H,6-10H2,1-5H3,(H,17,20). The minimum atomic E-state index is -0.0683. The lowest BCUT2D eigenvalue weighted by Crippen LogP contribution is -2.56. The third kappa shape index (κ3) is 3.96. The maximum atomic E-state index is 12.5. The van der Waals surface area contributed by atoms with E-state index in [0.717, 1.165) is 19.7 Å². The average molecular weight is 297 g/mol. The van der Waals surface area contributed by atoms with E-state index in [0.29, 0.717) is 12.1 Å². The Kier molecular flexibility index (Phi) is 5.63. The fourth-order valence-electron chi connectivity index (χ4n) is 3.67. The quantitative estimate of drug-likeness (QED) is 0.843. The fraction of sp³-hybridized carbons (Fsp3) is 0.938. The van der Waals surface area contributed by atoms with Gasteiger partial charge in [-0.15, -0.1) is 0 Å². The number of nitrogens with one attached hydrogen (secondary N) is 1. The zero-order valence-corrected chi connectivity index (χ0v) is 14.1. The van der Waals surface area contributed by atoms with Crippen molar-refractivity contribution in [2.45, 2.75) is 70.8 Å². The summed E-state index contributed by atoms with van der Waals surface area (Å²) in [6.45, 7) is 11.1. The Morgan fingerprint density at radius 1 is 1.24 bits per heavy atom. The first-order valence-corrected chi connectivity index (χ1v) is 8.28. The summed E-state index contributed by atoms with van der Waals surface area (Å²) in [5, 5.41) is 3.16. The van der Waals surface area contributed by atoms with E-state index in [2.05, 4.69) is 36.0 Å². The van der Waals surface area contributed by atoms with Gasteiger partial charge in [-0.2, -0.15) is 0 Å². The number of hydrogen-bond acceptors (Lipinski definition) is 4. The third-order valence-electron chi connectivity index (χ3n) is 5.07. The van der Waals surface area contributed by atoms with Gasteiger partial charge in [-0.1, -0.05) is 0 Å². The summed E-state index contributed by atoms with van der Waals surface area (Å²) in [6, 6.07) is 0.971. The molecule has 5 heteroatoms. The maximum absolute atomic E-state index is 12.5. The molecule has 0 radical (unpaired) electrons. The number of hydrogen-bond donors (Lipinski definition) is 1. The van der Waals surface area contributed by atoms with E-state index in [1.807, 2.05) is 13.8 Å². The van der Waals surface area contributed by atoms with Crippen molar-refractivity contribution in [1.82, 2.24) is 15.1 Å². The number of carbonyl (C=O) groups excluding carboxylic acids is 1. The molecule has 0 saturated carbocycles. The Hall–Kier alpha value is -0.650. The maximum Gasteiger partial charge on any atom is 0.237 e. The van der Waals surface area contributed by atoms with Gasteiger partial charge in [0.2, 0.25) is 5.91 Å². The van der Waals surface area contributed by atoms with Crippen molar-refractivity contribution in [1.29, 1.82) is 0 Å². The Morgan fingerprint density at radius 2 is 1.86 bits per heavy atom. The summed E-state index contributed by atoms with van der Waals surface area (Å²) >= 11 is 0. The monoisotopic (exact) mass is 297 g/mol. The van der Waals surface area contributed by atoms with Crippen LogP contribution in [-0.2, 0) is 9.53 Å². The molecule has 1 N–H and O–H groups in total. The summed E-state index contributed by atoms with van der Waals surface area (Å²) in [5.41, 5.74) is 0. The van der Waals surface area contributed by atoms with Gasteiger partial charge in [0.25, 0.3) is 0 Å². The van der Waals surface area contributed by atoms with E-state index in [9.17, 15) is 4.79 Å².